The number of ether oxygens (including phenoxy) is 1. The molecule has 2 amide bonds. The molecule has 10 heteroatoms. The number of hydrogen-bond donors (Lipinski definition) is 0. The number of benzene rings is 1. The van der Waals surface area contributed by atoms with Crippen LogP contribution in [0.15, 0.2) is 29.2 Å². The van der Waals surface area contributed by atoms with E-state index in [1.165, 1.54) is 40.4 Å². The van der Waals surface area contributed by atoms with Crippen molar-refractivity contribution >= 4 is 27.8 Å². The highest BCUT2D eigenvalue weighted by Crippen LogP contribution is 2.24. The molecular weight excluding hydrogens is 434 g/mol. The first-order chi connectivity index (χ1) is 14.9. The third-order valence-corrected chi connectivity index (χ3v) is 7.53. The molecule has 0 aliphatic carbocycles. The van der Waals surface area contributed by atoms with Gasteiger partial charge in [0, 0.05) is 38.3 Å². The summed E-state index contributed by atoms with van der Waals surface area (Å²) in [5, 5.41) is 0. The summed E-state index contributed by atoms with van der Waals surface area (Å²) in [6, 6.07) is 5.29. The molecule has 32 heavy (non-hydrogen) atoms. The fraction of sp³-hybridized carbons (Fsp3) is 0.591. The third kappa shape index (κ3) is 5.29. The average molecular weight is 466 g/mol. The molecule has 0 spiro atoms. The molecule has 176 valence electrons. The van der Waals surface area contributed by atoms with Crippen molar-refractivity contribution in [2.75, 3.05) is 32.7 Å². The van der Waals surface area contributed by atoms with Gasteiger partial charge in [-0.2, -0.15) is 4.31 Å². The molecule has 2 heterocycles. The Bertz CT molecular complexity index is 976. The Kier molecular flexibility index (Phi) is 6.94. The van der Waals surface area contributed by atoms with Crippen LogP contribution in [0.3, 0.4) is 0 Å². The monoisotopic (exact) mass is 465 g/mol. The van der Waals surface area contributed by atoms with Crippen LogP contribution in [0.4, 0.5) is 4.79 Å². The molecule has 0 unspecified atom stereocenters. The van der Waals surface area contributed by atoms with Crippen molar-refractivity contribution in [2.45, 2.75) is 57.1 Å². The van der Waals surface area contributed by atoms with E-state index in [0.717, 1.165) is 6.42 Å². The molecular formula is C22H31N3O6S. The van der Waals surface area contributed by atoms with E-state index in [4.69, 9.17) is 4.74 Å². The third-order valence-electron chi connectivity index (χ3n) is 5.61. The van der Waals surface area contributed by atoms with Gasteiger partial charge in [-0.3, -0.25) is 14.5 Å². The highest BCUT2D eigenvalue weighted by Gasteiger charge is 2.40. The zero-order valence-corrected chi connectivity index (χ0v) is 19.9. The number of ketones is 1. The maximum Gasteiger partial charge on any atom is 0.410 e. The normalized spacial score (nSPS) is 20.3. The lowest BCUT2D eigenvalue weighted by atomic mass is 10.1. The van der Waals surface area contributed by atoms with Gasteiger partial charge in [0.25, 0.3) is 0 Å². The van der Waals surface area contributed by atoms with Crippen LogP contribution in [0.5, 0.6) is 0 Å². The molecule has 0 N–H and O–H groups in total. The Morgan fingerprint density at radius 3 is 2.09 bits per heavy atom. The number of piperazine rings is 1. The molecule has 0 saturated carbocycles. The smallest absolute Gasteiger partial charge is 0.410 e. The Morgan fingerprint density at radius 2 is 1.56 bits per heavy atom. The van der Waals surface area contributed by atoms with Gasteiger partial charge >= 0.3 is 6.09 Å². The first-order valence-electron chi connectivity index (χ1n) is 10.8. The van der Waals surface area contributed by atoms with Gasteiger partial charge in [0.1, 0.15) is 11.6 Å². The number of Topliss-reactive ketones (excluding diaryl/α,β-unsaturated/α-hetero) is 1. The van der Waals surface area contributed by atoms with Gasteiger partial charge in [0.15, 0.2) is 5.78 Å². The fourth-order valence-corrected chi connectivity index (χ4v) is 5.35. The number of amides is 2. The highest BCUT2D eigenvalue weighted by atomic mass is 32.2. The van der Waals surface area contributed by atoms with Crippen molar-refractivity contribution < 1.29 is 27.5 Å². The second kappa shape index (κ2) is 9.19. The number of carbonyl (C=O) groups is 3. The van der Waals surface area contributed by atoms with E-state index >= 15 is 0 Å². The molecule has 2 aliphatic rings. The molecule has 1 aromatic rings. The molecule has 2 aliphatic heterocycles. The lowest BCUT2D eigenvalue weighted by Crippen LogP contribution is -2.55. The second-order valence-corrected chi connectivity index (χ2v) is 11.1. The summed E-state index contributed by atoms with van der Waals surface area (Å²) in [5.41, 5.74) is -0.193. The number of nitrogens with zero attached hydrogens (tertiary/aromatic N) is 3. The zero-order valence-electron chi connectivity index (χ0n) is 19.0. The van der Waals surface area contributed by atoms with Gasteiger partial charge in [-0.25, -0.2) is 13.2 Å². The van der Waals surface area contributed by atoms with Crippen molar-refractivity contribution in [3.05, 3.63) is 29.8 Å². The van der Waals surface area contributed by atoms with E-state index in [0.29, 0.717) is 18.5 Å². The van der Waals surface area contributed by atoms with Gasteiger partial charge < -0.3 is 9.64 Å². The first kappa shape index (κ1) is 24.2. The van der Waals surface area contributed by atoms with E-state index in [-0.39, 0.29) is 42.8 Å². The summed E-state index contributed by atoms with van der Waals surface area (Å²) in [5.74, 6) is -0.301. The summed E-state index contributed by atoms with van der Waals surface area (Å²) in [6.45, 7) is 8.08. The predicted molar refractivity (Wildman–Crippen MR) is 118 cm³/mol. The summed E-state index contributed by atoms with van der Waals surface area (Å²) < 4.78 is 32.7. The molecule has 0 bridgehead atoms. The molecule has 2 saturated heterocycles. The lowest BCUT2D eigenvalue weighted by Gasteiger charge is -2.37. The Hall–Kier alpha value is -2.46. The average Bonchev–Trinajstić information content (AvgIpc) is 3.22. The molecule has 3 rings (SSSR count). The number of rotatable bonds is 4. The number of carbonyl (C=O) groups excluding carboxylic acids is 3. The van der Waals surface area contributed by atoms with Crippen LogP contribution in [0.2, 0.25) is 0 Å². The number of hydrogen-bond acceptors (Lipinski definition) is 6. The summed E-state index contributed by atoms with van der Waals surface area (Å²) >= 11 is 0. The Balaban J connectivity index is 1.62. The van der Waals surface area contributed by atoms with Gasteiger partial charge in [-0.15, -0.1) is 0 Å². The molecule has 1 aromatic carbocycles. The minimum Gasteiger partial charge on any atom is -0.444 e. The topological polar surface area (TPSA) is 104 Å². The van der Waals surface area contributed by atoms with E-state index in [1.54, 1.807) is 25.7 Å². The second-order valence-electron chi connectivity index (χ2n) is 9.14. The Labute approximate surface area is 189 Å². The lowest BCUT2D eigenvalue weighted by molar-refractivity contribution is -0.137. The summed E-state index contributed by atoms with van der Waals surface area (Å²) in [7, 11) is -3.72. The van der Waals surface area contributed by atoms with Crippen molar-refractivity contribution in [2.24, 2.45) is 0 Å². The van der Waals surface area contributed by atoms with Crippen molar-refractivity contribution in [3.8, 4) is 0 Å². The largest absolute Gasteiger partial charge is 0.444 e. The SMILES string of the molecule is CC(=O)c1ccc(S(=O)(=O)N2CCN(C(=O)[C@@H]3CCCN3C(=O)OC(C)(C)C)CC2)cc1. The number of likely N-dealkylation sites (tertiary alicyclic amines) is 1. The predicted octanol–water partition coefficient (Wildman–Crippen LogP) is 2.12. The summed E-state index contributed by atoms with van der Waals surface area (Å²) in [6.07, 6.45) is 0.794. The zero-order chi connectivity index (χ0) is 23.7. The van der Waals surface area contributed by atoms with E-state index in [9.17, 15) is 22.8 Å². The highest BCUT2D eigenvalue weighted by molar-refractivity contribution is 7.89. The van der Waals surface area contributed by atoms with E-state index < -0.39 is 27.8 Å². The fourth-order valence-electron chi connectivity index (χ4n) is 3.93. The number of sulfonamides is 1. The standard InChI is InChI=1S/C22H31N3O6S/c1-16(26)17-7-9-18(10-8-17)32(29,30)24-14-12-23(13-15-24)20(27)19-6-5-11-25(19)21(28)31-22(2,3)4/h7-10,19H,5-6,11-15H2,1-4H3/t19-/m0/s1. The molecule has 0 radical (unpaired) electrons. The first-order valence-corrected chi connectivity index (χ1v) is 12.2. The Morgan fingerprint density at radius 1 is 0.969 bits per heavy atom. The van der Waals surface area contributed by atoms with Gasteiger partial charge in [0.05, 0.1) is 4.90 Å². The maximum atomic E-state index is 13.1. The minimum atomic E-state index is -3.72. The van der Waals surface area contributed by atoms with Gasteiger partial charge in [0.2, 0.25) is 15.9 Å². The van der Waals surface area contributed by atoms with Crippen molar-refractivity contribution in [1.82, 2.24) is 14.1 Å². The van der Waals surface area contributed by atoms with Crippen LogP contribution < -0.4 is 0 Å². The molecule has 0 aromatic heterocycles. The van der Waals surface area contributed by atoms with Crippen LogP contribution in [0.1, 0.15) is 50.9 Å². The quantitative estimate of drug-likeness (QED) is 0.631. The van der Waals surface area contributed by atoms with Crippen LogP contribution in [-0.2, 0) is 19.6 Å². The molecule has 9 nitrogen and oxygen atoms in total. The van der Waals surface area contributed by atoms with Crippen molar-refractivity contribution in [1.29, 1.82) is 0 Å². The maximum absolute atomic E-state index is 13.1. The van der Waals surface area contributed by atoms with Crippen LogP contribution >= 0.6 is 0 Å². The van der Waals surface area contributed by atoms with Gasteiger partial charge in [-0.1, -0.05) is 12.1 Å². The van der Waals surface area contributed by atoms with Gasteiger partial charge in [-0.05, 0) is 52.7 Å². The molecule has 1 atom stereocenters. The molecule has 2 fully saturated rings. The van der Waals surface area contributed by atoms with E-state index in [1.807, 2.05) is 0 Å². The van der Waals surface area contributed by atoms with Crippen LogP contribution in [0, 0.1) is 0 Å². The van der Waals surface area contributed by atoms with Crippen LogP contribution in [-0.4, -0.2) is 84.7 Å². The van der Waals surface area contributed by atoms with Crippen molar-refractivity contribution in [3.63, 3.8) is 0 Å². The van der Waals surface area contributed by atoms with E-state index in [2.05, 4.69) is 0 Å². The van der Waals surface area contributed by atoms with Crippen LogP contribution in [0.25, 0.3) is 0 Å². The minimum absolute atomic E-state index is 0.120. The summed E-state index contributed by atoms with van der Waals surface area (Å²) in [4.78, 5) is 40.2.